The number of carbonyl (C=O) groups excluding carboxylic acids is 2. The van der Waals surface area contributed by atoms with Crippen molar-refractivity contribution in [3.8, 4) is 5.75 Å². The van der Waals surface area contributed by atoms with Crippen molar-refractivity contribution in [2.45, 2.75) is 82.5 Å². The van der Waals surface area contributed by atoms with Crippen LogP contribution in [0, 0.1) is 5.92 Å². The van der Waals surface area contributed by atoms with Gasteiger partial charge in [-0.1, -0.05) is 31.2 Å². The van der Waals surface area contributed by atoms with Crippen LogP contribution >= 0.6 is 0 Å². The SMILES string of the molecule is CO[C@@H]1c2cc(N3CCCCC3=O)ccc2O[C@H](C(CC(=O)N2Cc3ccccc3C[C@H]2CO)[Si](C)(C)O)[C@H]1C. The number of carbonyl (C=O) groups is 2. The van der Waals surface area contributed by atoms with E-state index in [1.54, 1.807) is 12.0 Å². The molecule has 0 radical (unpaired) electrons. The number of nitrogens with zero attached hydrogens (tertiary/aromatic N) is 2. The van der Waals surface area contributed by atoms with Crippen molar-refractivity contribution in [3.05, 3.63) is 59.2 Å². The molecular weight excluding hydrogens is 524 g/mol. The molecule has 0 spiro atoms. The summed E-state index contributed by atoms with van der Waals surface area (Å²) in [5, 5.41) is 10.1. The van der Waals surface area contributed by atoms with Crippen molar-refractivity contribution in [1.82, 2.24) is 4.90 Å². The maximum absolute atomic E-state index is 13.8. The van der Waals surface area contributed by atoms with E-state index in [1.165, 1.54) is 0 Å². The zero-order valence-electron chi connectivity index (χ0n) is 24.0. The molecule has 3 aliphatic heterocycles. The minimum atomic E-state index is -2.90. The van der Waals surface area contributed by atoms with Gasteiger partial charge in [0.2, 0.25) is 11.8 Å². The van der Waals surface area contributed by atoms with E-state index in [4.69, 9.17) is 9.47 Å². The van der Waals surface area contributed by atoms with Crippen LogP contribution in [0.25, 0.3) is 0 Å². The Balaban J connectivity index is 1.41. The molecule has 2 amide bonds. The minimum Gasteiger partial charge on any atom is -0.490 e. The van der Waals surface area contributed by atoms with Crippen LogP contribution in [0.15, 0.2) is 42.5 Å². The van der Waals surface area contributed by atoms with Crippen LogP contribution in [0.5, 0.6) is 5.75 Å². The first-order valence-electron chi connectivity index (χ1n) is 14.5. The Morgan fingerprint density at radius 2 is 1.93 bits per heavy atom. The summed E-state index contributed by atoms with van der Waals surface area (Å²) in [5.41, 5.74) is 3.60. The van der Waals surface area contributed by atoms with Gasteiger partial charge < -0.3 is 29.2 Å². The number of aliphatic hydroxyl groups is 1. The van der Waals surface area contributed by atoms with Crippen molar-refractivity contribution < 1.29 is 29.0 Å². The molecule has 216 valence electrons. The molecule has 1 unspecified atom stereocenters. The lowest BCUT2D eigenvalue weighted by atomic mass is 9.86. The molecule has 0 aliphatic carbocycles. The molecule has 5 atom stereocenters. The second-order valence-corrected chi connectivity index (χ2v) is 16.2. The highest BCUT2D eigenvalue weighted by Crippen LogP contribution is 2.48. The quantitative estimate of drug-likeness (QED) is 0.488. The highest BCUT2D eigenvalue weighted by molar-refractivity contribution is 6.71. The van der Waals surface area contributed by atoms with Crippen LogP contribution < -0.4 is 9.64 Å². The van der Waals surface area contributed by atoms with Crippen LogP contribution in [-0.4, -0.2) is 67.3 Å². The number of hydrogen-bond acceptors (Lipinski definition) is 6. The van der Waals surface area contributed by atoms with E-state index in [2.05, 4.69) is 6.07 Å². The monoisotopic (exact) mass is 566 g/mol. The Hall–Kier alpha value is -2.72. The van der Waals surface area contributed by atoms with E-state index in [-0.39, 0.29) is 48.4 Å². The largest absolute Gasteiger partial charge is 0.490 e. The normalized spacial score (nSPS) is 25.6. The highest BCUT2D eigenvalue weighted by Gasteiger charge is 2.48. The summed E-state index contributed by atoms with van der Waals surface area (Å²) < 4.78 is 12.6. The third-order valence-corrected chi connectivity index (χ3v) is 11.4. The second kappa shape index (κ2) is 11.6. The molecule has 9 heteroatoms. The second-order valence-electron chi connectivity index (χ2n) is 12.1. The maximum atomic E-state index is 13.8. The Morgan fingerprint density at radius 3 is 2.60 bits per heavy atom. The average molecular weight is 567 g/mol. The summed E-state index contributed by atoms with van der Waals surface area (Å²) in [6.45, 7) is 6.81. The molecule has 8 nitrogen and oxygen atoms in total. The molecule has 3 heterocycles. The molecule has 0 saturated carbocycles. The van der Waals surface area contributed by atoms with E-state index in [9.17, 15) is 19.5 Å². The van der Waals surface area contributed by atoms with Gasteiger partial charge in [-0.3, -0.25) is 9.59 Å². The lowest BCUT2D eigenvalue weighted by Gasteiger charge is -2.45. The summed E-state index contributed by atoms with van der Waals surface area (Å²) >= 11 is 0. The van der Waals surface area contributed by atoms with Crippen LogP contribution in [0.3, 0.4) is 0 Å². The van der Waals surface area contributed by atoms with E-state index in [0.717, 1.165) is 35.2 Å². The van der Waals surface area contributed by atoms with Gasteiger partial charge in [-0.15, -0.1) is 0 Å². The molecule has 40 heavy (non-hydrogen) atoms. The van der Waals surface area contributed by atoms with Crippen LogP contribution in [0.4, 0.5) is 5.69 Å². The number of amides is 2. The third kappa shape index (κ3) is 5.57. The fraction of sp³-hybridized carbons (Fsp3) is 0.548. The average Bonchev–Trinajstić information content (AvgIpc) is 2.94. The summed E-state index contributed by atoms with van der Waals surface area (Å²) in [5.74, 6) is 0.579. The predicted octanol–water partition coefficient (Wildman–Crippen LogP) is 4.19. The molecule has 2 aromatic carbocycles. The first-order valence-corrected chi connectivity index (χ1v) is 17.5. The van der Waals surface area contributed by atoms with Crippen molar-refractivity contribution in [1.29, 1.82) is 0 Å². The number of fused-ring (bicyclic) bond motifs is 2. The predicted molar refractivity (Wildman–Crippen MR) is 156 cm³/mol. The zero-order valence-corrected chi connectivity index (χ0v) is 25.0. The smallest absolute Gasteiger partial charge is 0.226 e. The number of methoxy groups -OCH3 is 1. The van der Waals surface area contributed by atoms with Crippen LogP contribution in [-0.2, 0) is 27.3 Å². The van der Waals surface area contributed by atoms with E-state index in [0.29, 0.717) is 31.7 Å². The van der Waals surface area contributed by atoms with Gasteiger partial charge in [0.1, 0.15) is 11.9 Å². The maximum Gasteiger partial charge on any atom is 0.226 e. The van der Waals surface area contributed by atoms with Gasteiger partial charge in [-0.2, -0.15) is 0 Å². The van der Waals surface area contributed by atoms with Gasteiger partial charge in [-0.25, -0.2) is 0 Å². The first-order chi connectivity index (χ1) is 19.1. The van der Waals surface area contributed by atoms with Crippen molar-refractivity contribution in [3.63, 3.8) is 0 Å². The Kier molecular flexibility index (Phi) is 8.38. The first kappa shape index (κ1) is 28.8. The third-order valence-electron chi connectivity index (χ3n) is 9.03. The number of benzene rings is 2. The molecule has 1 fully saturated rings. The van der Waals surface area contributed by atoms with E-state index < -0.39 is 14.4 Å². The molecule has 0 aromatic heterocycles. The minimum absolute atomic E-state index is 0.0808. The number of aliphatic hydroxyl groups excluding tert-OH is 1. The fourth-order valence-electron chi connectivity index (χ4n) is 6.73. The summed E-state index contributed by atoms with van der Waals surface area (Å²) in [7, 11) is -1.23. The molecule has 0 bridgehead atoms. The Labute approximate surface area is 238 Å². The van der Waals surface area contributed by atoms with Crippen molar-refractivity contribution in [2.24, 2.45) is 5.92 Å². The van der Waals surface area contributed by atoms with Gasteiger partial charge in [-0.05, 0) is 61.7 Å². The van der Waals surface area contributed by atoms with Gasteiger partial charge >= 0.3 is 0 Å². The van der Waals surface area contributed by atoms with Crippen LogP contribution in [0.2, 0.25) is 18.6 Å². The molecule has 2 aromatic rings. The summed E-state index contributed by atoms with van der Waals surface area (Å²) in [6, 6.07) is 13.6. The van der Waals surface area contributed by atoms with E-state index in [1.807, 2.05) is 61.3 Å². The van der Waals surface area contributed by atoms with E-state index >= 15 is 0 Å². The summed E-state index contributed by atoms with van der Waals surface area (Å²) in [6.07, 6.45) is 2.47. The number of hydrogen-bond donors (Lipinski definition) is 2. The molecule has 1 saturated heterocycles. The van der Waals surface area contributed by atoms with Gasteiger partial charge in [0, 0.05) is 55.8 Å². The number of piperidine rings is 1. The number of rotatable bonds is 7. The van der Waals surface area contributed by atoms with Crippen molar-refractivity contribution >= 4 is 25.8 Å². The Morgan fingerprint density at radius 1 is 1.18 bits per heavy atom. The topological polar surface area (TPSA) is 99.5 Å². The van der Waals surface area contributed by atoms with Crippen molar-refractivity contribution in [2.75, 3.05) is 25.2 Å². The van der Waals surface area contributed by atoms with Gasteiger partial charge in [0.25, 0.3) is 0 Å². The number of ether oxygens (including phenoxy) is 2. The standard InChI is InChI=1S/C31H42N2O6Si/c1-20-30(38-2)25-16-23(32-14-8-7-11-28(32)35)12-13-26(25)39-31(20)27(40(3,4)37)17-29(36)33-18-22-10-6-5-9-21(22)15-24(33)19-34/h5-6,9-10,12-13,16,20,24,27,30-31,34,37H,7-8,11,14-15,17-19H2,1-4H3/t20-,24-,27?,30-,31-/m0/s1. The summed E-state index contributed by atoms with van der Waals surface area (Å²) in [4.78, 5) is 41.5. The molecular formula is C31H42N2O6Si. The van der Waals surface area contributed by atoms with Crippen LogP contribution in [0.1, 0.15) is 55.4 Å². The van der Waals surface area contributed by atoms with Gasteiger partial charge in [0.15, 0.2) is 8.32 Å². The lowest BCUT2D eigenvalue weighted by Crippen LogP contribution is -2.52. The number of anilines is 1. The fourth-order valence-corrected chi connectivity index (χ4v) is 8.58. The molecule has 3 aliphatic rings. The molecule has 5 rings (SSSR count). The lowest BCUT2D eigenvalue weighted by molar-refractivity contribution is -0.136. The Bertz CT molecular complexity index is 1250. The van der Waals surface area contributed by atoms with Gasteiger partial charge in [0.05, 0.1) is 18.8 Å². The zero-order chi connectivity index (χ0) is 28.6. The highest BCUT2D eigenvalue weighted by atomic mass is 28.4. The molecule has 2 N–H and O–H groups in total.